The van der Waals surface area contributed by atoms with Crippen LogP contribution in [0, 0.1) is 5.92 Å². The third-order valence-electron chi connectivity index (χ3n) is 2.80. The minimum absolute atomic E-state index is 0.109. The van der Waals surface area contributed by atoms with Crippen LogP contribution < -0.4 is 11.1 Å². The topological polar surface area (TPSA) is 90.6 Å². The molecule has 21 heavy (non-hydrogen) atoms. The standard InChI is InChI=1S/C14H22N2O4S/c1-5-20-14(18)11-10(15)9(13(17)19-4)12(21-11)16-7-6-8(2)3/h8,16H,5-7,15H2,1-4H3. The van der Waals surface area contributed by atoms with Crippen LogP contribution in [0.1, 0.15) is 47.2 Å². The number of hydrogen-bond acceptors (Lipinski definition) is 7. The van der Waals surface area contributed by atoms with Crippen LogP contribution in [0.15, 0.2) is 0 Å². The maximum absolute atomic E-state index is 11.9. The Bertz CT molecular complexity index is 511. The lowest BCUT2D eigenvalue weighted by Crippen LogP contribution is -2.11. The van der Waals surface area contributed by atoms with Crippen molar-refractivity contribution in [3.63, 3.8) is 0 Å². The fourth-order valence-electron chi connectivity index (χ4n) is 1.70. The normalized spacial score (nSPS) is 10.5. The number of anilines is 2. The first-order valence-corrected chi connectivity index (χ1v) is 7.65. The fraction of sp³-hybridized carbons (Fsp3) is 0.571. The van der Waals surface area contributed by atoms with E-state index in [4.69, 9.17) is 15.2 Å². The number of carbonyl (C=O) groups is 2. The lowest BCUT2D eigenvalue weighted by atomic mass is 10.1. The number of methoxy groups -OCH3 is 1. The third kappa shape index (κ3) is 4.35. The second-order valence-electron chi connectivity index (χ2n) is 4.87. The predicted octanol–water partition coefficient (Wildman–Crippen LogP) is 2.75. The van der Waals surface area contributed by atoms with Crippen LogP contribution in [-0.4, -0.2) is 32.2 Å². The molecule has 0 bridgehead atoms. The average molecular weight is 314 g/mol. The molecule has 0 aliphatic carbocycles. The summed E-state index contributed by atoms with van der Waals surface area (Å²) in [6, 6.07) is 0. The van der Waals surface area contributed by atoms with Gasteiger partial charge >= 0.3 is 11.9 Å². The molecule has 118 valence electrons. The molecule has 0 aliphatic rings. The first-order valence-electron chi connectivity index (χ1n) is 6.83. The zero-order chi connectivity index (χ0) is 16.0. The van der Waals surface area contributed by atoms with Crippen LogP contribution in [0.4, 0.5) is 10.7 Å². The van der Waals surface area contributed by atoms with Crippen molar-refractivity contribution in [2.75, 3.05) is 31.3 Å². The zero-order valence-electron chi connectivity index (χ0n) is 12.8. The lowest BCUT2D eigenvalue weighted by molar-refractivity contribution is 0.0533. The Kier molecular flexibility index (Phi) is 6.48. The summed E-state index contributed by atoms with van der Waals surface area (Å²) in [6.07, 6.45) is 0.938. The van der Waals surface area contributed by atoms with Crippen LogP contribution in [0.25, 0.3) is 0 Å². The molecule has 0 saturated heterocycles. The van der Waals surface area contributed by atoms with E-state index in [-0.39, 0.29) is 22.7 Å². The summed E-state index contributed by atoms with van der Waals surface area (Å²) in [7, 11) is 1.28. The number of thiophene rings is 1. The Labute approximate surface area is 128 Å². The largest absolute Gasteiger partial charge is 0.465 e. The molecular formula is C14H22N2O4S. The quantitative estimate of drug-likeness (QED) is 0.752. The predicted molar refractivity (Wildman–Crippen MR) is 84.0 cm³/mol. The fourth-order valence-corrected chi connectivity index (χ4v) is 2.72. The van der Waals surface area contributed by atoms with Crippen LogP contribution >= 0.6 is 11.3 Å². The van der Waals surface area contributed by atoms with Crippen LogP contribution in [0.2, 0.25) is 0 Å². The maximum atomic E-state index is 11.9. The van der Waals surface area contributed by atoms with Gasteiger partial charge in [0.1, 0.15) is 15.4 Å². The molecular weight excluding hydrogens is 292 g/mol. The monoisotopic (exact) mass is 314 g/mol. The Morgan fingerprint density at radius 2 is 2.00 bits per heavy atom. The van der Waals surface area contributed by atoms with Gasteiger partial charge in [-0.1, -0.05) is 13.8 Å². The van der Waals surface area contributed by atoms with Gasteiger partial charge in [0.2, 0.25) is 0 Å². The number of carbonyl (C=O) groups excluding carboxylic acids is 2. The molecule has 3 N–H and O–H groups in total. The van der Waals surface area contributed by atoms with Crippen molar-refractivity contribution >= 4 is 34.0 Å². The molecule has 0 spiro atoms. The first kappa shape index (κ1) is 17.3. The lowest BCUT2D eigenvalue weighted by Gasteiger charge is -2.08. The molecule has 0 unspecified atom stereocenters. The van der Waals surface area contributed by atoms with Crippen molar-refractivity contribution in [1.82, 2.24) is 0 Å². The third-order valence-corrected chi connectivity index (χ3v) is 3.95. The highest BCUT2D eigenvalue weighted by Crippen LogP contribution is 2.36. The van der Waals surface area contributed by atoms with E-state index in [9.17, 15) is 9.59 Å². The number of hydrogen-bond donors (Lipinski definition) is 2. The summed E-state index contributed by atoms with van der Waals surface area (Å²) in [5.74, 6) is -0.561. The minimum atomic E-state index is -0.564. The Morgan fingerprint density at radius 3 is 2.52 bits per heavy atom. The molecule has 0 amide bonds. The number of nitrogen functional groups attached to an aromatic ring is 1. The molecule has 0 saturated carbocycles. The Morgan fingerprint density at radius 1 is 1.33 bits per heavy atom. The highest BCUT2D eigenvalue weighted by Gasteiger charge is 2.26. The smallest absolute Gasteiger partial charge is 0.350 e. The molecule has 0 aromatic carbocycles. The second-order valence-corrected chi connectivity index (χ2v) is 5.89. The van der Waals surface area contributed by atoms with E-state index < -0.39 is 11.9 Å². The molecule has 1 heterocycles. The zero-order valence-corrected chi connectivity index (χ0v) is 13.6. The van der Waals surface area contributed by atoms with Gasteiger partial charge in [0.25, 0.3) is 0 Å². The number of nitrogens with two attached hydrogens (primary N) is 1. The first-order chi connectivity index (χ1) is 9.92. The summed E-state index contributed by atoms with van der Waals surface area (Å²) in [5.41, 5.74) is 6.22. The van der Waals surface area contributed by atoms with Crippen molar-refractivity contribution < 1.29 is 19.1 Å². The minimum Gasteiger partial charge on any atom is -0.465 e. The van der Waals surface area contributed by atoms with Crippen molar-refractivity contribution in [2.45, 2.75) is 27.2 Å². The van der Waals surface area contributed by atoms with E-state index in [2.05, 4.69) is 19.2 Å². The van der Waals surface area contributed by atoms with Gasteiger partial charge in [-0.25, -0.2) is 9.59 Å². The summed E-state index contributed by atoms with van der Waals surface area (Å²) >= 11 is 1.12. The Hall–Kier alpha value is -1.76. The number of nitrogens with one attached hydrogen (secondary N) is 1. The van der Waals surface area contributed by atoms with Gasteiger partial charge < -0.3 is 20.5 Å². The Balaban J connectivity index is 3.06. The average Bonchev–Trinajstić information content (AvgIpc) is 2.75. The van der Waals surface area contributed by atoms with Crippen LogP contribution in [0.3, 0.4) is 0 Å². The summed E-state index contributed by atoms with van der Waals surface area (Å²) < 4.78 is 9.68. The number of ether oxygens (including phenoxy) is 2. The van der Waals surface area contributed by atoms with Gasteiger partial charge in [-0.15, -0.1) is 11.3 Å². The molecule has 0 radical (unpaired) electrons. The highest BCUT2D eigenvalue weighted by molar-refractivity contribution is 7.19. The molecule has 6 nitrogen and oxygen atoms in total. The molecule has 0 fully saturated rings. The van der Waals surface area contributed by atoms with Crippen molar-refractivity contribution in [3.8, 4) is 0 Å². The maximum Gasteiger partial charge on any atom is 0.350 e. The van der Waals surface area contributed by atoms with Gasteiger partial charge in [0.15, 0.2) is 0 Å². The molecule has 1 aromatic rings. The summed E-state index contributed by atoms with van der Waals surface area (Å²) in [4.78, 5) is 23.9. The molecule has 0 aliphatic heterocycles. The summed E-state index contributed by atoms with van der Waals surface area (Å²) in [5, 5.41) is 3.69. The number of esters is 2. The van der Waals surface area contributed by atoms with E-state index in [1.165, 1.54) is 7.11 Å². The van der Waals surface area contributed by atoms with Crippen molar-refractivity contribution in [3.05, 3.63) is 10.4 Å². The SMILES string of the molecule is CCOC(=O)c1sc(NCCC(C)C)c(C(=O)OC)c1N. The van der Waals surface area contributed by atoms with Gasteiger partial charge in [-0.2, -0.15) is 0 Å². The second kappa shape index (κ2) is 7.87. The van der Waals surface area contributed by atoms with Gasteiger partial charge in [-0.05, 0) is 19.3 Å². The van der Waals surface area contributed by atoms with E-state index in [0.717, 1.165) is 17.8 Å². The van der Waals surface area contributed by atoms with Crippen LogP contribution in [-0.2, 0) is 9.47 Å². The van der Waals surface area contributed by atoms with Gasteiger partial charge in [0.05, 0.1) is 19.4 Å². The van der Waals surface area contributed by atoms with Crippen LogP contribution in [0.5, 0.6) is 0 Å². The molecule has 7 heteroatoms. The van der Waals surface area contributed by atoms with Gasteiger partial charge in [-0.3, -0.25) is 0 Å². The molecule has 0 atom stereocenters. The molecule has 1 aromatic heterocycles. The summed E-state index contributed by atoms with van der Waals surface area (Å²) in [6.45, 7) is 6.86. The van der Waals surface area contributed by atoms with Crippen molar-refractivity contribution in [1.29, 1.82) is 0 Å². The van der Waals surface area contributed by atoms with E-state index in [0.29, 0.717) is 17.5 Å². The van der Waals surface area contributed by atoms with Crippen molar-refractivity contribution in [2.24, 2.45) is 5.92 Å². The van der Waals surface area contributed by atoms with E-state index in [1.807, 2.05) is 0 Å². The molecule has 1 rings (SSSR count). The highest BCUT2D eigenvalue weighted by atomic mass is 32.1. The van der Waals surface area contributed by atoms with E-state index in [1.54, 1.807) is 6.92 Å². The van der Waals surface area contributed by atoms with E-state index >= 15 is 0 Å². The van der Waals surface area contributed by atoms with Gasteiger partial charge in [0, 0.05) is 6.54 Å². The number of rotatable bonds is 7.